The molecule has 5 rings (SSSR count). The quantitative estimate of drug-likeness (QED) is 0.556. The van der Waals surface area contributed by atoms with Crippen LogP contribution in [0.3, 0.4) is 0 Å². The van der Waals surface area contributed by atoms with Gasteiger partial charge >= 0.3 is 0 Å². The molecule has 0 bridgehead atoms. The molecule has 29 heavy (non-hydrogen) atoms. The number of nitrogens with one attached hydrogen (secondary N) is 2. The zero-order valence-electron chi connectivity index (χ0n) is 15.8. The van der Waals surface area contributed by atoms with Gasteiger partial charge in [-0.1, -0.05) is 0 Å². The fourth-order valence-electron chi connectivity index (χ4n) is 3.74. The van der Waals surface area contributed by atoms with Gasteiger partial charge in [-0.05, 0) is 19.1 Å². The van der Waals surface area contributed by atoms with Gasteiger partial charge in [0.15, 0.2) is 17.3 Å². The first kappa shape index (κ1) is 17.7. The molecule has 1 fully saturated rings. The number of imidazole rings is 1. The smallest absolute Gasteiger partial charge is 0.173 e. The monoisotopic (exact) mass is 395 g/mol. The Bertz CT molecular complexity index is 1210. The van der Waals surface area contributed by atoms with E-state index in [0.29, 0.717) is 22.2 Å². The molecule has 0 unspecified atom stereocenters. The fourth-order valence-corrected chi connectivity index (χ4v) is 3.74. The van der Waals surface area contributed by atoms with Crippen molar-refractivity contribution in [3.05, 3.63) is 54.1 Å². The first-order valence-corrected chi connectivity index (χ1v) is 9.41. The molecule has 0 amide bonds. The Morgan fingerprint density at radius 3 is 2.72 bits per heavy atom. The molecule has 0 spiro atoms. The summed E-state index contributed by atoms with van der Waals surface area (Å²) in [5, 5.41) is 15.3. The lowest BCUT2D eigenvalue weighted by Crippen LogP contribution is -2.43. The van der Waals surface area contributed by atoms with Gasteiger partial charge in [-0.2, -0.15) is 5.10 Å². The predicted octanol–water partition coefficient (Wildman–Crippen LogP) is 3.02. The van der Waals surface area contributed by atoms with Crippen LogP contribution < -0.4 is 15.5 Å². The summed E-state index contributed by atoms with van der Waals surface area (Å²) >= 11 is 0. The summed E-state index contributed by atoms with van der Waals surface area (Å²) in [4.78, 5) is 6.28. The summed E-state index contributed by atoms with van der Waals surface area (Å²) in [5.41, 5.74) is 2.19. The minimum Gasteiger partial charge on any atom is -0.369 e. The van der Waals surface area contributed by atoms with Crippen LogP contribution in [-0.2, 0) is 0 Å². The van der Waals surface area contributed by atoms with Crippen LogP contribution in [0.15, 0.2) is 36.8 Å². The molecule has 9 heteroatoms. The number of piperazine rings is 1. The van der Waals surface area contributed by atoms with Crippen molar-refractivity contribution >= 4 is 33.6 Å². The van der Waals surface area contributed by atoms with Gasteiger partial charge in [0, 0.05) is 55.7 Å². The van der Waals surface area contributed by atoms with E-state index in [1.165, 1.54) is 18.3 Å². The van der Waals surface area contributed by atoms with E-state index in [4.69, 9.17) is 0 Å². The van der Waals surface area contributed by atoms with Crippen molar-refractivity contribution < 1.29 is 8.78 Å². The van der Waals surface area contributed by atoms with Crippen molar-refractivity contribution in [3.8, 4) is 0 Å². The lowest BCUT2D eigenvalue weighted by Gasteiger charge is -2.29. The Morgan fingerprint density at radius 1 is 1.07 bits per heavy atom. The second kappa shape index (κ2) is 6.93. The molecule has 148 valence electrons. The molecule has 4 heterocycles. The molecular weight excluding hydrogens is 376 g/mol. The third-order valence-corrected chi connectivity index (χ3v) is 5.07. The van der Waals surface area contributed by atoms with Crippen LogP contribution in [0.25, 0.3) is 16.4 Å². The van der Waals surface area contributed by atoms with E-state index in [1.807, 2.05) is 6.07 Å². The highest BCUT2D eigenvalue weighted by Gasteiger charge is 2.16. The second-order valence-corrected chi connectivity index (χ2v) is 7.14. The number of pyridine rings is 1. The minimum atomic E-state index is -0.474. The molecule has 0 atom stereocenters. The number of aromatic nitrogens is 4. The normalized spacial score (nSPS) is 14.7. The Morgan fingerprint density at radius 2 is 1.90 bits per heavy atom. The van der Waals surface area contributed by atoms with E-state index in [1.54, 1.807) is 23.7 Å². The molecule has 3 aromatic heterocycles. The Hall–Kier alpha value is -3.33. The number of hydrogen-bond donors (Lipinski definition) is 2. The average Bonchev–Trinajstić information content (AvgIpc) is 3.09. The van der Waals surface area contributed by atoms with Gasteiger partial charge in [0.05, 0.1) is 23.0 Å². The number of fused-ring (bicyclic) bond motifs is 2. The maximum absolute atomic E-state index is 15.1. The average molecular weight is 395 g/mol. The van der Waals surface area contributed by atoms with Gasteiger partial charge in [0.25, 0.3) is 0 Å². The predicted molar refractivity (Wildman–Crippen MR) is 108 cm³/mol. The number of hydrogen-bond acceptors (Lipinski definition) is 6. The molecule has 4 aromatic rings. The summed E-state index contributed by atoms with van der Waals surface area (Å²) in [6.07, 6.45) is 4.95. The topological polar surface area (TPSA) is 70.4 Å². The highest BCUT2D eigenvalue weighted by Crippen LogP contribution is 2.31. The highest BCUT2D eigenvalue weighted by atomic mass is 19.1. The molecule has 7 nitrogen and oxygen atoms in total. The lowest BCUT2D eigenvalue weighted by molar-refractivity contribution is 0.586. The third-order valence-electron chi connectivity index (χ3n) is 5.07. The number of halogens is 2. The van der Waals surface area contributed by atoms with Crippen molar-refractivity contribution in [2.75, 3.05) is 36.4 Å². The molecular formula is C20H19F2N7. The Labute approximate surface area is 165 Å². The van der Waals surface area contributed by atoms with Crippen molar-refractivity contribution in [2.45, 2.75) is 6.92 Å². The molecule has 1 aliphatic heterocycles. The van der Waals surface area contributed by atoms with Crippen molar-refractivity contribution in [3.63, 3.8) is 0 Å². The number of anilines is 3. The highest BCUT2D eigenvalue weighted by molar-refractivity contribution is 5.95. The van der Waals surface area contributed by atoms with Gasteiger partial charge in [-0.15, -0.1) is 5.10 Å². The van der Waals surface area contributed by atoms with Crippen LogP contribution in [-0.4, -0.2) is 45.8 Å². The standard InChI is InChI=1S/C20H19F2N7/c1-12-10-29-11-14(7-17(22)20(29)25-12)26-19-18-13(9-24-27-19)6-15(8-16(18)21)28-4-2-23-3-5-28/h6-11,23H,2-5H2,1H3,(H,26,27). The van der Waals surface area contributed by atoms with Crippen molar-refractivity contribution in [1.82, 2.24) is 24.9 Å². The SMILES string of the molecule is Cc1cn2cc(Nc3nncc4cc(N5CCNCC5)cc(F)c34)cc(F)c2n1. The first-order chi connectivity index (χ1) is 14.1. The molecule has 0 saturated carbocycles. The third kappa shape index (κ3) is 3.23. The summed E-state index contributed by atoms with van der Waals surface area (Å²) < 4.78 is 31.0. The zero-order chi connectivity index (χ0) is 20.0. The minimum absolute atomic E-state index is 0.238. The van der Waals surface area contributed by atoms with Crippen LogP contribution in [0.5, 0.6) is 0 Å². The van der Waals surface area contributed by atoms with Crippen LogP contribution in [0, 0.1) is 18.6 Å². The van der Waals surface area contributed by atoms with Crippen LogP contribution in [0.1, 0.15) is 5.69 Å². The second-order valence-electron chi connectivity index (χ2n) is 7.14. The van der Waals surface area contributed by atoms with Gasteiger partial charge < -0.3 is 19.9 Å². The molecule has 1 aromatic carbocycles. The van der Waals surface area contributed by atoms with Crippen LogP contribution in [0.4, 0.5) is 26.0 Å². The Balaban J connectivity index is 1.55. The number of aryl methyl sites for hydroxylation is 1. The summed E-state index contributed by atoms with van der Waals surface area (Å²) in [6.45, 7) is 5.16. The summed E-state index contributed by atoms with van der Waals surface area (Å²) in [7, 11) is 0. The molecule has 1 saturated heterocycles. The van der Waals surface area contributed by atoms with Crippen LogP contribution >= 0.6 is 0 Å². The Kier molecular flexibility index (Phi) is 4.24. The van der Waals surface area contributed by atoms with Crippen molar-refractivity contribution in [1.29, 1.82) is 0 Å². The van der Waals surface area contributed by atoms with Crippen LogP contribution in [0.2, 0.25) is 0 Å². The number of benzene rings is 1. The largest absolute Gasteiger partial charge is 0.369 e. The molecule has 1 aliphatic rings. The lowest BCUT2D eigenvalue weighted by atomic mass is 10.1. The zero-order valence-corrected chi connectivity index (χ0v) is 15.8. The summed E-state index contributed by atoms with van der Waals surface area (Å²) in [6, 6.07) is 4.74. The fraction of sp³-hybridized carbons (Fsp3) is 0.250. The number of nitrogens with zero attached hydrogens (tertiary/aromatic N) is 5. The van der Waals surface area contributed by atoms with E-state index in [9.17, 15) is 4.39 Å². The van der Waals surface area contributed by atoms with E-state index < -0.39 is 11.6 Å². The summed E-state index contributed by atoms with van der Waals surface area (Å²) in [5.74, 6) is -0.631. The van der Waals surface area contributed by atoms with E-state index in [0.717, 1.165) is 31.9 Å². The maximum Gasteiger partial charge on any atom is 0.173 e. The van der Waals surface area contributed by atoms with Gasteiger partial charge in [0.1, 0.15) is 5.82 Å². The van der Waals surface area contributed by atoms with Gasteiger partial charge in [-0.25, -0.2) is 13.8 Å². The van der Waals surface area contributed by atoms with Gasteiger partial charge in [-0.3, -0.25) is 0 Å². The van der Waals surface area contributed by atoms with E-state index in [2.05, 4.69) is 30.7 Å². The molecule has 0 aliphatic carbocycles. The van der Waals surface area contributed by atoms with E-state index in [-0.39, 0.29) is 11.5 Å². The maximum atomic E-state index is 15.1. The van der Waals surface area contributed by atoms with E-state index >= 15 is 4.39 Å². The molecule has 2 N–H and O–H groups in total. The molecule has 0 radical (unpaired) electrons. The first-order valence-electron chi connectivity index (χ1n) is 9.41. The van der Waals surface area contributed by atoms with Gasteiger partial charge in [0.2, 0.25) is 0 Å². The van der Waals surface area contributed by atoms with Crippen molar-refractivity contribution in [2.24, 2.45) is 0 Å². The number of rotatable bonds is 3.